The number of carboxylic acid groups (broad SMARTS) is 1. The van der Waals surface area contributed by atoms with Crippen LogP contribution in [0.15, 0.2) is 12.3 Å². The number of carbonyl (C=O) groups is 2. The van der Waals surface area contributed by atoms with Crippen molar-refractivity contribution in [3.8, 4) is 0 Å². The van der Waals surface area contributed by atoms with Crippen LogP contribution in [0, 0.1) is 0 Å². The Morgan fingerprint density at radius 3 is 2.47 bits per heavy atom. The second-order valence-electron chi connectivity index (χ2n) is 3.60. The summed E-state index contributed by atoms with van der Waals surface area (Å²) in [6.45, 7) is 2.15. The van der Waals surface area contributed by atoms with Crippen LogP contribution in [0.4, 0.5) is 0 Å². The fraction of sp³-hybridized carbons (Fsp3) is 0.667. The molecule has 0 rings (SSSR count). The van der Waals surface area contributed by atoms with Crippen molar-refractivity contribution in [3.63, 3.8) is 0 Å². The molecule has 0 heterocycles. The van der Waals surface area contributed by atoms with E-state index in [4.69, 9.17) is 9.84 Å². The topological polar surface area (TPSA) is 63.6 Å². The minimum atomic E-state index is -0.986. The molecule has 0 bridgehead atoms. The third kappa shape index (κ3) is 16.3. The van der Waals surface area contributed by atoms with E-state index in [1.54, 1.807) is 6.08 Å². The van der Waals surface area contributed by atoms with E-state index in [9.17, 15) is 9.59 Å². The van der Waals surface area contributed by atoms with Gasteiger partial charge in [0.15, 0.2) is 0 Å². The van der Waals surface area contributed by atoms with Crippen LogP contribution in [0.5, 0.6) is 0 Å². The summed E-state index contributed by atoms with van der Waals surface area (Å²) in [5.74, 6) is -1.48. The summed E-state index contributed by atoms with van der Waals surface area (Å²) < 4.78 is 4.72. The number of esters is 1. The van der Waals surface area contributed by atoms with Gasteiger partial charge >= 0.3 is 60.8 Å². The van der Waals surface area contributed by atoms with Crippen LogP contribution in [-0.2, 0) is 14.3 Å². The van der Waals surface area contributed by atoms with E-state index in [2.05, 4.69) is 6.92 Å². The van der Waals surface area contributed by atoms with E-state index in [0.29, 0.717) is 0 Å². The minimum absolute atomic E-state index is 0. The maximum absolute atomic E-state index is 10.9. The first-order valence-corrected chi connectivity index (χ1v) is 5.73. The molecule has 0 spiro atoms. The summed E-state index contributed by atoms with van der Waals surface area (Å²) in [5, 5.41) is 8.33. The number of allylic oxidation sites excluding steroid dienone is 1. The molecule has 0 aliphatic carbocycles. The van der Waals surface area contributed by atoms with Gasteiger partial charge in [0.25, 0.3) is 0 Å². The molecule has 17 heavy (non-hydrogen) atoms. The second kappa shape index (κ2) is 14.3. The summed E-state index contributed by atoms with van der Waals surface area (Å²) in [7, 11) is 0. The monoisotopic (exact) mass is 368 g/mol. The first kappa shape index (κ1) is 19.6. The molecule has 0 saturated heterocycles. The van der Waals surface area contributed by atoms with E-state index >= 15 is 0 Å². The SMILES string of the molecule is CCCCCCC=COC(=O)CCC(=O)O.[BaH2]. The van der Waals surface area contributed by atoms with Gasteiger partial charge in [-0.15, -0.1) is 0 Å². The molecule has 0 aliphatic heterocycles. The molecule has 0 fully saturated rings. The molecule has 96 valence electrons. The summed E-state index contributed by atoms with van der Waals surface area (Å²) in [6, 6.07) is 0. The fourth-order valence-electron chi connectivity index (χ4n) is 1.15. The molecule has 1 N–H and O–H groups in total. The summed E-state index contributed by atoms with van der Waals surface area (Å²) >= 11 is 0. The van der Waals surface area contributed by atoms with Gasteiger partial charge in [-0.25, -0.2) is 0 Å². The third-order valence-corrected chi connectivity index (χ3v) is 2.06. The van der Waals surface area contributed by atoms with Crippen molar-refractivity contribution in [2.45, 2.75) is 51.9 Å². The van der Waals surface area contributed by atoms with Crippen LogP contribution < -0.4 is 0 Å². The molecular formula is C12H22BaO4. The van der Waals surface area contributed by atoms with Crippen LogP contribution >= 0.6 is 0 Å². The van der Waals surface area contributed by atoms with Gasteiger partial charge in [-0.05, 0) is 18.9 Å². The predicted octanol–water partition coefficient (Wildman–Crippen LogP) is 1.96. The number of hydrogen-bond donors (Lipinski definition) is 1. The van der Waals surface area contributed by atoms with Crippen molar-refractivity contribution in [2.24, 2.45) is 0 Å². The Hall–Kier alpha value is 0.251. The predicted molar refractivity (Wildman–Crippen MR) is 69.4 cm³/mol. The first-order valence-electron chi connectivity index (χ1n) is 5.73. The Balaban J connectivity index is 0. The summed E-state index contributed by atoms with van der Waals surface area (Å²) in [6.07, 6.45) is 8.51. The summed E-state index contributed by atoms with van der Waals surface area (Å²) in [4.78, 5) is 21.1. The molecular weight excluding hydrogens is 345 g/mol. The van der Waals surface area contributed by atoms with Crippen LogP contribution in [0.2, 0.25) is 0 Å². The van der Waals surface area contributed by atoms with Crippen LogP contribution in [-0.4, -0.2) is 65.9 Å². The molecule has 0 saturated carbocycles. The normalized spacial score (nSPS) is 9.94. The molecule has 4 nitrogen and oxygen atoms in total. The van der Waals surface area contributed by atoms with Crippen molar-refractivity contribution < 1.29 is 19.4 Å². The molecule has 0 aromatic rings. The zero-order chi connectivity index (χ0) is 12.2. The van der Waals surface area contributed by atoms with E-state index in [1.165, 1.54) is 25.5 Å². The Labute approximate surface area is 143 Å². The standard InChI is InChI=1S/C12H20O4.Ba.2H/c1-2-3-4-5-6-7-10-16-12(15)9-8-11(13)14;;;/h7,10H,2-6,8-9H2,1H3,(H,13,14);;;. The van der Waals surface area contributed by atoms with E-state index in [0.717, 1.165) is 12.8 Å². The van der Waals surface area contributed by atoms with Gasteiger partial charge in [-0.3, -0.25) is 9.59 Å². The molecule has 0 atom stereocenters. The number of hydrogen-bond acceptors (Lipinski definition) is 3. The van der Waals surface area contributed by atoms with Gasteiger partial charge in [0.1, 0.15) is 0 Å². The molecule has 0 amide bonds. The van der Waals surface area contributed by atoms with Crippen molar-refractivity contribution >= 4 is 60.8 Å². The molecule has 0 aromatic heterocycles. The Kier molecular flexibility index (Phi) is 16.5. The van der Waals surface area contributed by atoms with Gasteiger partial charge in [0.2, 0.25) is 0 Å². The first-order chi connectivity index (χ1) is 7.66. The van der Waals surface area contributed by atoms with Crippen molar-refractivity contribution in [3.05, 3.63) is 12.3 Å². The number of aliphatic carboxylic acids is 1. The third-order valence-electron chi connectivity index (χ3n) is 2.06. The average molecular weight is 368 g/mol. The quantitative estimate of drug-likeness (QED) is 0.293. The van der Waals surface area contributed by atoms with E-state index in [-0.39, 0.29) is 61.7 Å². The van der Waals surface area contributed by atoms with E-state index in [1.807, 2.05) is 0 Å². The molecule has 0 radical (unpaired) electrons. The van der Waals surface area contributed by atoms with Crippen molar-refractivity contribution in [1.82, 2.24) is 0 Å². The second-order valence-corrected chi connectivity index (χ2v) is 3.60. The number of carboxylic acids is 1. The number of ether oxygens (including phenoxy) is 1. The molecule has 0 unspecified atom stereocenters. The van der Waals surface area contributed by atoms with Gasteiger partial charge in [-0.1, -0.05) is 26.2 Å². The number of carbonyl (C=O) groups excluding carboxylic acids is 1. The molecule has 5 heteroatoms. The van der Waals surface area contributed by atoms with Gasteiger partial charge in [0.05, 0.1) is 19.1 Å². The Bertz CT molecular complexity index is 239. The van der Waals surface area contributed by atoms with Gasteiger partial charge < -0.3 is 9.84 Å². The molecule has 0 aliphatic rings. The van der Waals surface area contributed by atoms with Gasteiger partial charge in [-0.2, -0.15) is 0 Å². The average Bonchev–Trinajstić information content (AvgIpc) is 2.25. The summed E-state index contributed by atoms with van der Waals surface area (Å²) in [5.41, 5.74) is 0. The maximum atomic E-state index is 10.9. The van der Waals surface area contributed by atoms with Crippen molar-refractivity contribution in [2.75, 3.05) is 0 Å². The van der Waals surface area contributed by atoms with Gasteiger partial charge in [0, 0.05) is 0 Å². The zero-order valence-corrected chi connectivity index (χ0v) is 9.78. The Morgan fingerprint density at radius 1 is 1.18 bits per heavy atom. The number of unbranched alkanes of at least 4 members (excludes halogenated alkanes) is 4. The molecule has 0 aromatic carbocycles. The van der Waals surface area contributed by atoms with E-state index < -0.39 is 11.9 Å². The number of rotatable bonds is 9. The van der Waals surface area contributed by atoms with Crippen LogP contribution in [0.25, 0.3) is 0 Å². The van der Waals surface area contributed by atoms with Crippen molar-refractivity contribution in [1.29, 1.82) is 0 Å². The van der Waals surface area contributed by atoms with Crippen LogP contribution in [0.3, 0.4) is 0 Å². The Morgan fingerprint density at radius 2 is 1.88 bits per heavy atom. The zero-order valence-electron chi connectivity index (χ0n) is 9.78. The van der Waals surface area contributed by atoms with Crippen LogP contribution in [0.1, 0.15) is 51.9 Å². The fourth-order valence-corrected chi connectivity index (χ4v) is 1.15.